The summed E-state index contributed by atoms with van der Waals surface area (Å²) in [5.74, 6) is -2.20. The molecule has 6 nitrogen and oxygen atoms in total. The minimum Gasteiger partial charge on any atom is -0.368 e. The zero-order valence-electron chi connectivity index (χ0n) is 13.6. The van der Waals surface area contributed by atoms with Gasteiger partial charge < -0.3 is 16.4 Å². The van der Waals surface area contributed by atoms with Crippen LogP contribution >= 0.6 is 0 Å². The number of halogens is 1. The number of amides is 3. The molecular weight excluding hydrogens is 325 g/mol. The standard InChI is InChI=1S/C18H18FN3O3/c1-11(23)21-15-9-5-3-7-13(15)18(25)22-16(17(20)24)10-12-6-2-4-8-14(12)19/h2-9,16H,10H2,1H3,(H2,20,24)(H,21,23)(H,22,25)/t16-/m1/s1. The molecule has 2 rings (SSSR count). The largest absolute Gasteiger partial charge is 0.368 e. The van der Waals surface area contributed by atoms with Crippen LogP contribution in [0.5, 0.6) is 0 Å². The average molecular weight is 343 g/mol. The predicted octanol–water partition coefficient (Wildman–Crippen LogP) is 1.61. The molecule has 0 aliphatic rings. The molecule has 0 spiro atoms. The van der Waals surface area contributed by atoms with Crippen molar-refractivity contribution >= 4 is 23.4 Å². The predicted molar refractivity (Wildman–Crippen MR) is 91.3 cm³/mol. The minimum absolute atomic E-state index is 0.0734. The van der Waals surface area contributed by atoms with Crippen LogP contribution in [0.1, 0.15) is 22.8 Å². The second-order valence-corrected chi connectivity index (χ2v) is 5.45. The summed E-state index contributed by atoms with van der Waals surface area (Å²) in [5.41, 5.74) is 6.08. The zero-order valence-corrected chi connectivity index (χ0v) is 13.6. The van der Waals surface area contributed by atoms with Gasteiger partial charge in [0, 0.05) is 13.3 Å². The number of para-hydroxylation sites is 1. The molecule has 3 amide bonds. The number of hydrogen-bond acceptors (Lipinski definition) is 3. The first-order valence-corrected chi connectivity index (χ1v) is 7.58. The number of nitrogens with two attached hydrogens (primary N) is 1. The maximum Gasteiger partial charge on any atom is 0.254 e. The van der Waals surface area contributed by atoms with E-state index in [0.29, 0.717) is 5.69 Å². The fourth-order valence-corrected chi connectivity index (χ4v) is 2.32. The summed E-state index contributed by atoms with van der Waals surface area (Å²) >= 11 is 0. The highest BCUT2D eigenvalue weighted by atomic mass is 19.1. The molecule has 0 unspecified atom stereocenters. The Morgan fingerprint density at radius 2 is 1.72 bits per heavy atom. The van der Waals surface area contributed by atoms with Crippen LogP contribution < -0.4 is 16.4 Å². The lowest BCUT2D eigenvalue weighted by molar-refractivity contribution is -0.119. The van der Waals surface area contributed by atoms with Gasteiger partial charge in [0.15, 0.2) is 0 Å². The Morgan fingerprint density at radius 1 is 1.08 bits per heavy atom. The fourth-order valence-electron chi connectivity index (χ4n) is 2.32. The quantitative estimate of drug-likeness (QED) is 0.743. The Morgan fingerprint density at radius 3 is 2.36 bits per heavy atom. The monoisotopic (exact) mass is 343 g/mol. The van der Waals surface area contributed by atoms with E-state index in [4.69, 9.17) is 5.73 Å². The smallest absolute Gasteiger partial charge is 0.254 e. The molecular formula is C18H18FN3O3. The minimum atomic E-state index is -1.09. The van der Waals surface area contributed by atoms with Gasteiger partial charge in [-0.15, -0.1) is 0 Å². The lowest BCUT2D eigenvalue weighted by atomic mass is 10.0. The van der Waals surface area contributed by atoms with Crippen LogP contribution in [0.3, 0.4) is 0 Å². The Kier molecular flexibility index (Phi) is 5.84. The van der Waals surface area contributed by atoms with Gasteiger partial charge in [-0.3, -0.25) is 14.4 Å². The first kappa shape index (κ1) is 18.1. The topological polar surface area (TPSA) is 101 Å². The van der Waals surface area contributed by atoms with Gasteiger partial charge in [0.25, 0.3) is 5.91 Å². The number of carbonyl (C=O) groups excluding carboxylic acids is 3. The fraction of sp³-hybridized carbons (Fsp3) is 0.167. The van der Waals surface area contributed by atoms with Crippen LogP contribution in [0.4, 0.5) is 10.1 Å². The highest BCUT2D eigenvalue weighted by Crippen LogP contribution is 2.16. The third-order valence-electron chi connectivity index (χ3n) is 3.51. The van der Waals surface area contributed by atoms with E-state index in [1.807, 2.05) is 0 Å². The Labute approximate surface area is 144 Å². The summed E-state index contributed by atoms with van der Waals surface area (Å²) in [6, 6.07) is 11.2. The van der Waals surface area contributed by atoms with Crippen molar-refractivity contribution in [2.75, 3.05) is 5.32 Å². The number of anilines is 1. The average Bonchev–Trinajstić information content (AvgIpc) is 2.55. The van der Waals surface area contributed by atoms with Crippen LogP contribution in [-0.2, 0) is 16.0 Å². The second-order valence-electron chi connectivity index (χ2n) is 5.45. The van der Waals surface area contributed by atoms with E-state index in [1.165, 1.54) is 31.2 Å². The summed E-state index contributed by atoms with van der Waals surface area (Å²) < 4.78 is 13.8. The van der Waals surface area contributed by atoms with Gasteiger partial charge >= 0.3 is 0 Å². The van der Waals surface area contributed by atoms with Gasteiger partial charge in [0.1, 0.15) is 11.9 Å². The summed E-state index contributed by atoms with van der Waals surface area (Å²) in [6.07, 6.45) is -0.0734. The number of rotatable bonds is 6. The van der Waals surface area contributed by atoms with Gasteiger partial charge in [0.05, 0.1) is 11.3 Å². The van der Waals surface area contributed by atoms with Crippen LogP contribution in [0.25, 0.3) is 0 Å². The summed E-state index contributed by atoms with van der Waals surface area (Å²) in [6.45, 7) is 1.32. The number of nitrogens with one attached hydrogen (secondary N) is 2. The van der Waals surface area contributed by atoms with Crippen molar-refractivity contribution in [2.24, 2.45) is 5.73 Å². The van der Waals surface area contributed by atoms with E-state index < -0.39 is 23.7 Å². The molecule has 0 saturated carbocycles. The van der Waals surface area contributed by atoms with Gasteiger partial charge in [-0.2, -0.15) is 0 Å². The van der Waals surface area contributed by atoms with Crippen molar-refractivity contribution < 1.29 is 18.8 Å². The maximum atomic E-state index is 13.8. The number of benzene rings is 2. The molecule has 0 bridgehead atoms. The lowest BCUT2D eigenvalue weighted by Crippen LogP contribution is -2.46. The van der Waals surface area contributed by atoms with Crippen LogP contribution in [0.2, 0.25) is 0 Å². The van der Waals surface area contributed by atoms with E-state index in [2.05, 4.69) is 10.6 Å². The van der Waals surface area contributed by atoms with Gasteiger partial charge in [0.2, 0.25) is 11.8 Å². The van der Waals surface area contributed by atoms with Crippen LogP contribution in [0, 0.1) is 5.82 Å². The highest BCUT2D eigenvalue weighted by molar-refractivity contribution is 6.04. The van der Waals surface area contributed by atoms with E-state index in [9.17, 15) is 18.8 Å². The third kappa shape index (κ3) is 4.87. The number of hydrogen-bond donors (Lipinski definition) is 3. The van der Waals surface area contributed by atoms with Crippen molar-refractivity contribution in [3.63, 3.8) is 0 Å². The van der Waals surface area contributed by atoms with E-state index in [0.717, 1.165) is 0 Å². The summed E-state index contributed by atoms with van der Waals surface area (Å²) in [5, 5.41) is 5.03. The van der Waals surface area contributed by atoms with E-state index in [-0.39, 0.29) is 23.5 Å². The summed E-state index contributed by atoms with van der Waals surface area (Å²) in [7, 11) is 0. The second kappa shape index (κ2) is 8.05. The Balaban J connectivity index is 2.20. The molecule has 7 heteroatoms. The Hall–Kier alpha value is -3.22. The molecule has 0 radical (unpaired) electrons. The van der Waals surface area contributed by atoms with E-state index >= 15 is 0 Å². The molecule has 0 aromatic heterocycles. The first-order valence-electron chi connectivity index (χ1n) is 7.58. The molecule has 0 aliphatic heterocycles. The molecule has 1 atom stereocenters. The Bertz CT molecular complexity index is 808. The zero-order chi connectivity index (χ0) is 18.4. The lowest BCUT2D eigenvalue weighted by Gasteiger charge is -2.17. The van der Waals surface area contributed by atoms with E-state index in [1.54, 1.807) is 24.3 Å². The highest BCUT2D eigenvalue weighted by Gasteiger charge is 2.22. The van der Waals surface area contributed by atoms with Crippen molar-refractivity contribution in [3.8, 4) is 0 Å². The number of carbonyl (C=O) groups is 3. The van der Waals surface area contributed by atoms with Gasteiger partial charge in [-0.25, -0.2) is 4.39 Å². The molecule has 4 N–H and O–H groups in total. The summed E-state index contributed by atoms with van der Waals surface area (Å²) in [4.78, 5) is 35.4. The van der Waals surface area contributed by atoms with Crippen molar-refractivity contribution in [3.05, 3.63) is 65.5 Å². The maximum absolute atomic E-state index is 13.8. The first-order chi connectivity index (χ1) is 11.9. The van der Waals surface area contributed by atoms with Crippen molar-refractivity contribution in [1.82, 2.24) is 5.32 Å². The van der Waals surface area contributed by atoms with Gasteiger partial charge in [-0.1, -0.05) is 30.3 Å². The normalized spacial score (nSPS) is 11.4. The molecule has 2 aromatic carbocycles. The molecule has 0 saturated heterocycles. The third-order valence-corrected chi connectivity index (χ3v) is 3.51. The van der Waals surface area contributed by atoms with Crippen molar-refractivity contribution in [2.45, 2.75) is 19.4 Å². The molecule has 0 aliphatic carbocycles. The molecule has 130 valence electrons. The van der Waals surface area contributed by atoms with Crippen molar-refractivity contribution in [1.29, 1.82) is 0 Å². The molecule has 0 fully saturated rings. The molecule has 0 heterocycles. The van der Waals surface area contributed by atoms with Gasteiger partial charge in [-0.05, 0) is 23.8 Å². The van der Waals surface area contributed by atoms with Crippen LogP contribution in [-0.4, -0.2) is 23.8 Å². The molecule has 25 heavy (non-hydrogen) atoms. The number of primary amides is 1. The molecule has 2 aromatic rings. The SMILES string of the molecule is CC(=O)Nc1ccccc1C(=O)N[C@H](Cc1ccccc1F)C(N)=O. The van der Waals surface area contributed by atoms with Crippen LogP contribution in [0.15, 0.2) is 48.5 Å².